The molecule has 0 bridgehead atoms. The van der Waals surface area contributed by atoms with E-state index in [2.05, 4.69) is 14.9 Å². The van der Waals surface area contributed by atoms with Gasteiger partial charge < -0.3 is 14.7 Å². The zero-order valence-corrected chi connectivity index (χ0v) is 13.2. The van der Waals surface area contributed by atoms with E-state index in [1.54, 1.807) is 0 Å². The number of ether oxygens (including phenoxy) is 1. The summed E-state index contributed by atoms with van der Waals surface area (Å²) in [5.74, 6) is 1.83. The van der Waals surface area contributed by atoms with Crippen LogP contribution in [-0.2, 0) is 4.74 Å². The number of nitrogens with zero attached hydrogens (tertiary/aromatic N) is 3. The molecule has 2 heterocycles. The SMILES string of the molecule is CCO[C@H]1C[C@H](O)C12CCN(c1cc(C)nc(C)n1)CC2. The van der Waals surface area contributed by atoms with E-state index in [0.717, 1.165) is 56.3 Å². The van der Waals surface area contributed by atoms with Crippen LogP contribution in [0.15, 0.2) is 6.07 Å². The van der Waals surface area contributed by atoms with Crippen molar-refractivity contribution in [2.24, 2.45) is 5.41 Å². The van der Waals surface area contributed by atoms with Crippen molar-refractivity contribution in [1.82, 2.24) is 9.97 Å². The van der Waals surface area contributed by atoms with Gasteiger partial charge in [-0.2, -0.15) is 0 Å². The molecule has 1 aromatic heterocycles. The molecule has 1 saturated heterocycles. The Kier molecular flexibility index (Phi) is 3.88. The highest BCUT2D eigenvalue weighted by Crippen LogP contribution is 2.51. The molecule has 21 heavy (non-hydrogen) atoms. The average molecular weight is 291 g/mol. The minimum absolute atomic E-state index is 0.0242. The molecule has 5 heteroatoms. The summed E-state index contributed by atoms with van der Waals surface area (Å²) in [5, 5.41) is 10.2. The highest BCUT2D eigenvalue weighted by atomic mass is 16.5. The van der Waals surface area contributed by atoms with Crippen molar-refractivity contribution in [2.75, 3.05) is 24.6 Å². The van der Waals surface area contributed by atoms with Crippen LogP contribution in [0.3, 0.4) is 0 Å². The van der Waals surface area contributed by atoms with Crippen molar-refractivity contribution in [2.45, 2.75) is 52.2 Å². The van der Waals surface area contributed by atoms with Crippen LogP contribution in [0, 0.1) is 19.3 Å². The van der Waals surface area contributed by atoms with Crippen LogP contribution in [0.25, 0.3) is 0 Å². The molecule has 1 N–H and O–H groups in total. The number of piperidine rings is 1. The van der Waals surface area contributed by atoms with Gasteiger partial charge >= 0.3 is 0 Å². The normalized spacial score (nSPS) is 27.7. The molecule has 0 amide bonds. The van der Waals surface area contributed by atoms with Gasteiger partial charge in [-0.25, -0.2) is 9.97 Å². The van der Waals surface area contributed by atoms with E-state index in [1.165, 1.54) is 0 Å². The summed E-state index contributed by atoms with van der Waals surface area (Å²) in [5.41, 5.74) is 0.984. The van der Waals surface area contributed by atoms with Gasteiger partial charge in [-0.1, -0.05) is 0 Å². The molecule has 1 aromatic rings. The van der Waals surface area contributed by atoms with Gasteiger partial charge in [-0.05, 0) is 33.6 Å². The maximum absolute atomic E-state index is 10.2. The fourth-order valence-corrected chi connectivity index (χ4v) is 3.83. The summed E-state index contributed by atoms with van der Waals surface area (Å²) in [6, 6.07) is 2.04. The van der Waals surface area contributed by atoms with Gasteiger partial charge in [0.25, 0.3) is 0 Å². The Balaban J connectivity index is 1.70. The zero-order chi connectivity index (χ0) is 15.0. The first-order valence-corrected chi connectivity index (χ1v) is 7.92. The monoisotopic (exact) mass is 291 g/mol. The van der Waals surface area contributed by atoms with Crippen LogP contribution in [0.2, 0.25) is 0 Å². The molecule has 2 aliphatic rings. The zero-order valence-electron chi connectivity index (χ0n) is 13.2. The van der Waals surface area contributed by atoms with E-state index in [0.29, 0.717) is 0 Å². The highest BCUT2D eigenvalue weighted by molar-refractivity contribution is 5.40. The number of rotatable bonds is 3. The van der Waals surface area contributed by atoms with Crippen LogP contribution in [-0.4, -0.2) is 47.0 Å². The minimum atomic E-state index is -0.204. The van der Waals surface area contributed by atoms with Crippen molar-refractivity contribution in [1.29, 1.82) is 0 Å². The lowest BCUT2D eigenvalue weighted by Gasteiger charge is -2.56. The lowest BCUT2D eigenvalue weighted by Crippen LogP contribution is -2.62. The third-order valence-electron chi connectivity index (χ3n) is 5.08. The number of hydrogen-bond donors (Lipinski definition) is 1. The van der Waals surface area contributed by atoms with E-state index in [4.69, 9.17) is 4.74 Å². The topological polar surface area (TPSA) is 58.5 Å². The van der Waals surface area contributed by atoms with Crippen molar-refractivity contribution < 1.29 is 9.84 Å². The molecule has 1 saturated carbocycles. The van der Waals surface area contributed by atoms with Gasteiger partial charge in [-0.15, -0.1) is 0 Å². The molecule has 3 rings (SSSR count). The number of aryl methyl sites for hydroxylation is 2. The van der Waals surface area contributed by atoms with Gasteiger partial charge in [0.1, 0.15) is 11.6 Å². The third-order valence-corrected chi connectivity index (χ3v) is 5.08. The Morgan fingerprint density at radius 2 is 2.05 bits per heavy atom. The highest BCUT2D eigenvalue weighted by Gasteiger charge is 2.56. The minimum Gasteiger partial charge on any atom is -0.392 e. The second kappa shape index (κ2) is 5.54. The van der Waals surface area contributed by atoms with Crippen LogP contribution in [0.1, 0.15) is 37.7 Å². The first kappa shape index (κ1) is 14.7. The molecule has 2 atom stereocenters. The van der Waals surface area contributed by atoms with Crippen LogP contribution in [0.5, 0.6) is 0 Å². The lowest BCUT2D eigenvalue weighted by atomic mass is 9.58. The Labute approximate surface area is 126 Å². The second-order valence-electron chi connectivity index (χ2n) is 6.33. The summed E-state index contributed by atoms with van der Waals surface area (Å²) in [4.78, 5) is 11.2. The van der Waals surface area contributed by atoms with E-state index in [9.17, 15) is 5.11 Å². The smallest absolute Gasteiger partial charge is 0.132 e. The number of hydrogen-bond acceptors (Lipinski definition) is 5. The largest absolute Gasteiger partial charge is 0.392 e. The first-order valence-electron chi connectivity index (χ1n) is 7.92. The predicted molar refractivity (Wildman–Crippen MR) is 81.4 cm³/mol. The molecule has 116 valence electrons. The molecule has 0 unspecified atom stereocenters. The van der Waals surface area contributed by atoms with Crippen molar-refractivity contribution in [3.05, 3.63) is 17.6 Å². The molecular formula is C16H25N3O2. The first-order chi connectivity index (χ1) is 10.0. The summed E-state index contributed by atoms with van der Waals surface area (Å²) in [6.07, 6.45) is 2.76. The Hall–Kier alpha value is -1.20. The fourth-order valence-electron chi connectivity index (χ4n) is 3.83. The second-order valence-corrected chi connectivity index (χ2v) is 6.33. The number of aliphatic hydroxyl groups excluding tert-OH is 1. The van der Waals surface area contributed by atoms with Gasteiger partial charge in [0.05, 0.1) is 12.2 Å². The summed E-state index contributed by atoms with van der Waals surface area (Å²) >= 11 is 0. The molecule has 2 fully saturated rings. The summed E-state index contributed by atoms with van der Waals surface area (Å²) < 4.78 is 5.82. The van der Waals surface area contributed by atoms with Gasteiger partial charge in [0.2, 0.25) is 0 Å². The lowest BCUT2D eigenvalue weighted by molar-refractivity contribution is -0.199. The Morgan fingerprint density at radius 1 is 1.33 bits per heavy atom. The molecule has 5 nitrogen and oxygen atoms in total. The predicted octanol–water partition coefficient (Wildman–Crippen LogP) is 1.85. The average Bonchev–Trinajstić information content (AvgIpc) is 2.46. The number of aliphatic hydroxyl groups is 1. The molecular weight excluding hydrogens is 266 g/mol. The van der Waals surface area contributed by atoms with Crippen LogP contribution in [0.4, 0.5) is 5.82 Å². The van der Waals surface area contributed by atoms with E-state index in [1.807, 2.05) is 26.8 Å². The fraction of sp³-hybridized carbons (Fsp3) is 0.750. The Bertz CT molecular complexity index is 490. The summed E-state index contributed by atoms with van der Waals surface area (Å²) in [7, 11) is 0. The third kappa shape index (κ3) is 2.53. The van der Waals surface area contributed by atoms with Gasteiger partial charge in [-0.3, -0.25) is 0 Å². The quantitative estimate of drug-likeness (QED) is 0.921. The van der Waals surface area contributed by atoms with Gasteiger partial charge in [0, 0.05) is 43.3 Å². The van der Waals surface area contributed by atoms with E-state index < -0.39 is 0 Å². The molecule has 0 aromatic carbocycles. The molecule has 1 spiro atoms. The van der Waals surface area contributed by atoms with Crippen molar-refractivity contribution >= 4 is 5.82 Å². The summed E-state index contributed by atoms with van der Waals surface area (Å²) in [6.45, 7) is 8.55. The molecule has 0 radical (unpaired) electrons. The van der Waals surface area contributed by atoms with Gasteiger partial charge in [0.15, 0.2) is 0 Å². The number of anilines is 1. The maximum atomic E-state index is 10.2. The van der Waals surface area contributed by atoms with Crippen molar-refractivity contribution in [3.8, 4) is 0 Å². The van der Waals surface area contributed by atoms with Crippen LogP contribution >= 0.6 is 0 Å². The maximum Gasteiger partial charge on any atom is 0.132 e. The standard InChI is InChI=1S/C16H25N3O2/c1-4-21-14-10-13(20)16(14)5-7-19(8-6-16)15-9-11(2)17-12(3)18-15/h9,13-14,20H,4-8,10H2,1-3H3/t13-,14-/m0/s1. The molecule has 1 aliphatic carbocycles. The van der Waals surface area contributed by atoms with Crippen LogP contribution < -0.4 is 4.90 Å². The van der Waals surface area contributed by atoms with E-state index >= 15 is 0 Å². The number of aromatic nitrogens is 2. The van der Waals surface area contributed by atoms with E-state index in [-0.39, 0.29) is 17.6 Å². The molecule has 1 aliphatic heterocycles. The van der Waals surface area contributed by atoms with Crippen molar-refractivity contribution in [3.63, 3.8) is 0 Å². The Morgan fingerprint density at radius 3 is 2.62 bits per heavy atom.